The molecule has 0 radical (unpaired) electrons. The molecule has 0 unspecified atom stereocenters. The molecule has 146 valence electrons. The van der Waals surface area contributed by atoms with Crippen LogP contribution in [0.4, 0.5) is 0 Å². The third-order valence-electron chi connectivity index (χ3n) is 5.12. The van der Waals surface area contributed by atoms with Crippen LogP contribution in [0.25, 0.3) is 17.2 Å². The predicted molar refractivity (Wildman–Crippen MR) is 103 cm³/mol. The van der Waals surface area contributed by atoms with Gasteiger partial charge in [-0.15, -0.1) is 0 Å². The summed E-state index contributed by atoms with van der Waals surface area (Å²) in [7, 11) is 1.55. The number of carbonyl (C=O) groups is 1. The van der Waals surface area contributed by atoms with Crippen LogP contribution in [0.1, 0.15) is 40.0 Å². The first-order valence-corrected chi connectivity index (χ1v) is 9.24. The lowest BCUT2D eigenvalue weighted by Gasteiger charge is -2.14. The number of imidazole rings is 1. The van der Waals surface area contributed by atoms with Crippen LogP contribution in [-0.4, -0.2) is 37.5 Å². The summed E-state index contributed by atoms with van der Waals surface area (Å²) in [6.07, 6.45) is 6.49. The number of aryl methyl sites for hydroxylation is 2. The fourth-order valence-corrected chi connectivity index (χ4v) is 3.68. The van der Waals surface area contributed by atoms with Crippen LogP contribution in [0, 0.1) is 6.92 Å². The van der Waals surface area contributed by atoms with E-state index < -0.39 is 0 Å². The third kappa shape index (κ3) is 3.00. The van der Waals surface area contributed by atoms with Crippen LogP contribution in [0.15, 0.2) is 41.3 Å². The van der Waals surface area contributed by atoms with Crippen molar-refractivity contribution >= 4 is 11.7 Å². The molecular weight excluding hydrogens is 372 g/mol. The van der Waals surface area contributed by atoms with Crippen LogP contribution in [-0.2, 0) is 6.42 Å². The van der Waals surface area contributed by atoms with Crippen LogP contribution >= 0.6 is 0 Å². The Balaban J connectivity index is 1.39. The van der Waals surface area contributed by atoms with Gasteiger partial charge in [0.05, 0.1) is 31.7 Å². The lowest BCUT2D eigenvalue weighted by atomic mass is 10.0. The molecule has 4 aromatic rings. The normalized spacial score (nSPS) is 15.4. The number of ether oxygens (including phenoxy) is 1. The summed E-state index contributed by atoms with van der Waals surface area (Å²) in [4.78, 5) is 25.6. The number of carbonyl (C=O) groups excluding carboxylic acids is 1. The summed E-state index contributed by atoms with van der Waals surface area (Å²) in [6.45, 7) is 1.76. The van der Waals surface area contributed by atoms with Gasteiger partial charge in [-0.2, -0.15) is 4.98 Å². The topological polar surface area (TPSA) is 107 Å². The molecule has 0 fully saturated rings. The molecule has 0 bridgehead atoms. The van der Waals surface area contributed by atoms with Gasteiger partial charge in [-0.3, -0.25) is 9.20 Å². The zero-order valence-corrected chi connectivity index (χ0v) is 15.9. The Kier molecular flexibility index (Phi) is 4.01. The maximum Gasteiger partial charge on any atom is 0.270 e. The lowest BCUT2D eigenvalue weighted by Crippen LogP contribution is -2.28. The Morgan fingerprint density at radius 1 is 1.31 bits per heavy atom. The Bertz CT molecular complexity index is 1230. The molecule has 1 atom stereocenters. The van der Waals surface area contributed by atoms with Crippen molar-refractivity contribution in [2.45, 2.75) is 25.8 Å². The van der Waals surface area contributed by atoms with Gasteiger partial charge < -0.3 is 14.6 Å². The number of benzene rings is 1. The summed E-state index contributed by atoms with van der Waals surface area (Å²) in [5.74, 6) is 1.90. The molecule has 1 aliphatic rings. The number of aromatic nitrogens is 5. The van der Waals surface area contributed by atoms with E-state index in [-0.39, 0.29) is 11.9 Å². The van der Waals surface area contributed by atoms with Gasteiger partial charge >= 0.3 is 0 Å². The van der Waals surface area contributed by atoms with E-state index >= 15 is 0 Å². The average Bonchev–Trinajstić information content (AvgIpc) is 3.45. The minimum atomic E-state index is -0.205. The molecule has 0 saturated heterocycles. The highest BCUT2D eigenvalue weighted by molar-refractivity contribution is 5.93. The number of nitrogens with zero attached hydrogens (tertiary/aromatic N) is 5. The van der Waals surface area contributed by atoms with Crippen LogP contribution in [0.5, 0.6) is 5.75 Å². The first-order chi connectivity index (χ1) is 14.1. The van der Waals surface area contributed by atoms with Gasteiger partial charge in [0.15, 0.2) is 5.75 Å². The van der Waals surface area contributed by atoms with Gasteiger partial charge in [-0.25, -0.2) is 9.97 Å². The minimum absolute atomic E-state index is 0.0670. The number of hydrogen-bond donors (Lipinski definition) is 1. The van der Waals surface area contributed by atoms with E-state index in [4.69, 9.17) is 9.26 Å². The number of nitrogens with one attached hydrogen (secondary N) is 1. The number of amides is 1. The van der Waals surface area contributed by atoms with Gasteiger partial charge in [-0.05, 0) is 30.0 Å². The van der Waals surface area contributed by atoms with Gasteiger partial charge in [-0.1, -0.05) is 17.3 Å². The van der Waals surface area contributed by atoms with Gasteiger partial charge in [0.1, 0.15) is 5.69 Å². The SMILES string of the molecule is COc1cnc2ncc(C(=O)N[C@@H]3CCc4cc(-c5noc(C)n5)ccc43)n2c1. The molecule has 9 heteroatoms. The number of fused-ring (bicyclic) bond motifs is 2. The molecule has 0 spiro atoms. The van der Waals surface area contributed by atoms with Crippen molar-refractivity contribution in [3.05, 3.63) is 59.5 Å². The first kappa shape index (κ1) is 17.4. The van der Waals surface area contributed by atoms with Crippen molar-refractivity contribution in [1.29, 1.82) is 0 Å². The molecule has 1 amide bonds. The monoisotopic (exact) mass is 390 g/mol. The molecule has 3 heterocycles. The van der Waals surface area contributed by atoms with Crippen molar-refractivity contribution in [2.75, 3.05) is 7.11 Å². The average molecular weight is 390 g/mol. The third-order valence-corrected chi connectivity index (χ3v) is 5.12. The summed E-state index contributed by atoms with van der Waals surface area (Å²) in [5, 5.41) is 7.09. The summed E-state index contributed by atoms with van der Waals surface area (Å²) in [6, 6.07) is 5.97. The van der Waals surface area contributed by atoms with E-state index in [1.807, 2.05) is 12.1 Å². The van der Waals surface area contributed by atoms with Gasteiger partial charge in [0.2, 0.25) is 17.5 Å². The van der Waals surface area contributed by atoms with Crippen LogP contribution in [0.3, 0.4) is 0 Å². The Morgan fingerprint density at radius 3 is 2.97 bits per heavy atom. The van der Waals surface area contributed by atoms with Crippen LogP contribution < -0.4 is 10.1 Å². The Labute approximate surface area is 165 Å². The maximum atomic E-state index is 12.9. The smallest absolute Gasteiger partial charge is 0.270 e. The Morgan fingerprint density at radius 2 is 2.17 bits per heavy atom. The van der Waals surface area contributed by atoms with Crippen molar-refractivity contribution in [1.82, 2.24) is 29.8 Å². The van der Waals surface area contributed by atoms with Crippen molar-refractivity contribution in [2.24, 2.45) is 0 Å². The van der Waals surface area contributed by atoms with E-state index in [9.17, 15) is 4.79 Å². The van der Waals surface area contributed by atoms with Crippen molar-refractivity contribution in [3.63, 3.8) is 0 Å². The molecular formula is C20H18N6O3. The molecule has 1 aromatic carbocycles. The van der Waals surface area contributed by atoms with Gasteiger partial charge in [0, 0.05) is 12.5 Å². The number of rotatable bonds is 4. The Hall–Kier alpha value is -3.75. The van der Waals surface area contributed by atoms with Crippen molar-refractivity contribution in [3.8, 4) is 17.1 Å². The highest BCUT2D eigenvalue weighted by Gasteiger charge is 2.26. The molecule has 1 N–H and O–H groups in total. The van der Waals surface area contributed by atoms with E-state index in [1.54, 1.807) is 30.8 Å². The highest BCUT2D eigenvalue weighted by atomic mass is 16.5. The number of methoxy groups -OCH3 is 1. The summed E-state index contributed by atoms with van der Waals surface area (Å²) >= 11 is 0. The molecule has 3 aromatic heterocycles. The second kappa shape index (κ2) is 6.69. The fourth-order valence-electron chi connectivity index (χ4n) is 3.68. The van der Waals surface area contributed by atoms with E-state index in [0.717, 1.165) is 24.0 Å². The molecule has 0 aliphatic heterocycles. The maximum absolute atomic E-state index is 12.9. The molecule has 1 aliphatic carbocycles. The zero-order valence-electron chi connectivity index (χ0n) is 15.9. The van der Waals surface area contributed by atoms with E-state index in [0.29, 0.717) is 28.9 Å². The minimum Gasteiger partial charge on any atom is -0.494 e. The lowest BCUT2D eigenvalue weighted by molar-refractivity contribution is 0.0930. The highest BCUT2D eigenvalue weighted by Crippen LogP contribution is 2.34. The fraction of sp³-hybridized carbons (Fsp3) is 0.250. The van der Waals surface area contributed by atoms with Crippen molar-refractivity contribution < 1.29 is 14.1 Å². The molecule has 0 saturated carbocycles. The second-order valence-electron chi connectivity index (χ2n) is 6.92. The quantitative estimate of drug-likeness (QED) is 0.570. The van der Waals surface area contributed by atoms with E-state index in [2.05, 4.69) is 31.5 Å². The largest absolute Gasteiger partial charge is 0.494 e. The van der Waals surface area contributed by atoms with Gasteiger partial charge in [0.25, 0.3) is 5.91 Å². The summed E-state index contributed by atoms with van der Waals surface area (Å²) < 4.78 is 11.9. The molecule has 29 heavy (non-hydrogen) atoms. The van der Waals surface area contributed by atoms with Crippen LogP contribution in [0.2, 0.25) is 0 Å². The molecule has 5 rings (SSSR count). The predicted octanol–water partition coefficient (Wildman–Crippen LogP) is 2.51. The first-order valence-electron chi connectivity index (χ1n) is 9.24. The van der Waals surface area contributed by atoms with E-state index in [1.165, 1.54) is 11.8 Å². The zero-order chi connectivity index (χ0) is 20.0. The standard InChI is InChI=1S/C20H18N6O3/c1-11-23-18(25-29-11)13-3-5-15-12(7-13)4-6-16(15)24-19(27)17-9-22-20-21-8-14(28-2)10-26(17)20/h3,5,7-10,16H,4,6H2,1-2H3,(H,24,27)/t16-/m1/s1. The second-order valence-corrected chi connectivity index (χ2v) is 6.92. The molecule has 9 nitrogen and oxygen atoms in total. The number of hydrogen-bond acceptors (Lipinski definition) is 7. The summed E-state index contributed by atoms with van der Waals surface area (Å²) in [5.41, 5.74) is 3.61.